The molecule has 23 heavy (non-hydrogen) atoms. The van der Waals surface area contributed by atoms with E-state index in [0.29, 0.717) is 18.0 Å². The Morgan fingerprint density at radius 2 is 2.17 bits per heavy atom. The second-order valence-electron chi connectivity index (χ2n) is 5.66. The Bertz CT molecular complexity index is 921. The molecule has 1 aromatic heterocycles. The Labute approximate surface area is 138 Å². The number of benzene rings is 1. The van der Waals surface area contributed by atoms with Crippen LogP contribution in [0.25, 0.3) is 10.2 Å². The van der Waals surface area contributed by atoms with Gasteiger partial charge in [0.05, 0.1) is 21.7 Å². The number of hydrogen-bond donors (Lipinski definition) is 0. The van der Waals surface area contributed by atoms with Gasteiger partial charge < -0.3 is 9.30 Å². The number of rotatable bonds is 5. The first-order valence-corrected chi connectivity index (χ1v) is 10.0. The first-order chi connectivity index (χ1) is 10.9. The Morgan fingerprint density at radius 1 is 1.43 bits per heavy atom. The molecule has 8 heteroatoms. The standard InChI is InChI=1S/C15H18N2O4S2/c1-21-8-7-17-12-6-5-11(23(2,19)20)9-13(12)22-15(17)16-14(18)10-3-4-10/h5-6,9-10H,3-4,7-8H2,1-2H3. The van der Waals surface area contributed by atoms with Crippen molar-refractivity contribution in [1.29, 1.82) is 0 Å². The summed E-state index contributed by atoms with van der Waals surface area (Å²) in [6.07, 6.45) is 3.00. The molecular formula is C15H18N2O4S2. The van der Waals surface area contributed by atoms with Gasteiger partial charge >= 0.3 is 0 Å². The first-order valence-electron chi connectivity index (χ1n) is 7.31. The van der Waals surface area contributed by atoms with E-state index < -0.39 is 9.84 Å². The van der Waals surface area contributed by atoms with Crippen LogP contribution in [-0.4, -0.2) is 38.9 Å². The van der Waals surface area contributed by atoms with Gasteiger partial charge in [-0.25, -0.2) is 8.42 Å². The van der Waals surface area contributed by atoms with Crippen molar-refractivity contribution in [1.82, 2.24) is 4.57 Å². The molecule has 1 aliphatic rings. The minimum absolute atomic E-state index is 0.0580. The fourth-order valence-electron chi connectivity index (χ4n) is 2.28. The number of ether oxygens (including phenoxy) is 1. The number of carbonyl (C=O) groups is 1. The van der Waals surface area contributed by atoms with Crippen LogP contribution in [0.5, 0.6) is 0 Å². The third-order valence-corrected chi connectivity index (χ3v) is 5.89. The molecule has 0 bridgehead atoms. The highest BCUT2D eigenvalue weighted by molar-refractivity contribution is 7.90. The number of aromatic nitrogens is 1. The summed E-state index contributed by atoms with van der Waals surface area (Å²) >= 11 is 1.33. The van der Waals surface area contributed by atoms with Crippen LogP contribution < -0.4 is 4.80 Å². The van der Waals surface area contributed by atoms with Crippen LogP contribution in [0.1, 0.15) is 12.8 Å². The summed E-state index contributed by atoms with van der Waals surface area (Å²) in [5.74, 6) is -0.0336. The summed E-state index contributed by atoms with van der Waals surface area (Å²) in [6.45, 7) is 1.05. The Kier molecular flexibility index (Phi) is 4.39. The number of amides is 1. The van der Waals surface area contributed by atoms with Crippen molar-refractivity contribution >= 4 is 37.3 Å². The van der Waals surface area contributed by atoms with Crippen LogP contribution >= 0.6 is 11.3 Å². The van der Waals surface area contributed by atoms with E-state index in [1.807, 2.05) is 4.57 Å². The molecule has 0 saturated heterocycles. The van der Waals surface area contributed by atoms with E-state index in [9.17, 15) is 13.2 Å². The van der Waals surface area contributed by atoms with Gasteiger partial charge in [-0.2, -0.15) is 4.99 Å². The van der Waals surface area contributed by atoms with Crippen molar-refractivity contribution in [2.45, 2.75) is 24.3 Å². The summed E-state index contributed by atoms with van der Waals surface area (Å²) in [5.41, 5.74) is 0.863. The fraction of sp³-hybridized carbons (Fsp3) is 0.467. The number of carbonyl (C=O) groups excluding carboxylic acids is 1. The minimum atomic E-state index is -3.27. The van der Waals surface area contributed by atoms with E-state index in [2.05, 4.69) is 4.99 Å². The van der Waals surface area contributed by atoms with Crippen LogP contribution in [0.2, 0.25) is 0 Å². The van der Waals surface area contributed by atoms with Crippen molar-refractivity contribution in [2.75, 3.05) is 20.0 Å². The number of fused-ring (bicyclic) bond motifs is 1. The Hall–Kier alpha value is -1.51. The molecule has 0 spiro atoms. The summed E-state index contributed by atoms with van der Waals surface area (Å²) in [7, 11) is -1.65. The maximum atomic E-state index is 12.0. The number of hydrogen-bond acceptors (Lipinski definition) is 5. The maximum Gasteiger partial charge on any atom is 0.251 e. The van der Waals surface area contributed by atoms with Crippen LogP contribution in [0.3, 0.4) is 0 Å². The normalized spacial score (nSPS) is 16.2. The minimum Gasteiger partial charge on any atom is -0.383 e. The molecule has 0 atom stereocenters. The number of sulfone groups is 1. The molecule has 0 aliphatic heterocycles. The highest BCUT2D eigenvalue weighted by Gasteiger charge is 2.29. The van der Waals surface area contributed by atoms with Gasteiger partial charge in [-0.1, -0.05) is 11.3 Å². The highest BCUT2D eigenvalue weighted by Crippen LogP contribution is 2.30. The van der Waals surface area contributed by atoms with E-state index in [-0.39, 0.29) is 16.7 Å². The fourth-order valence-corrected chi connectivity index (χ4v) is 4.11. The third kappa shape index (κ3) is 3.54. The first kappa shape index (κ1) is 16.4. The van der Waals surface area contributed by atoms with Crippen LogP contribution in [0.15, 0.2) is 28.1 Å². The quantitative estimate of drug-likeness (QED) is 0.817. The van der Waals surface area contributed by atoms with Gasteiger partial charge in [-0.05, 0) is 31.0 Å². The Morgan fingerprint density at radius 3 is 2.78 bits per heavy atom. The molecule has 1 saturated carbocycles. The van der Waals surface area contributed by atoms with Crippen molar-refractivity contribution in [2.24, 2.45) is 10.9 Å². The topological polar surface area (TPSA) is 77.7 Å². The number of thiazole rings is 1. The zero-order chi connectivity index (χ0) is 16.6. The second kappa shape index (κ2) is 6.18. The zero-order valence-corrected chi connectivity index (χ0v) is 14.6. The van der Waals surface area contributed by atoms with E-state index in [0.717, 1.165) is 23.1 Å². The summed E-state index contributed by atoms with van der Waals surface area (Å²) < 4.78 is 31.3. The predicted molar refractivity (Wildman–Crippen MR) is 88.1 cm³/mol. The molecule has 0 unspecified atom stereocenters. The van der Waals surface area contributed by atoms with Crippen molar-refractivity contribution in [3.8, 4) is 0 Å². The van der Waals surface area contributed by atoms with E-state index in [1.165, 1.54) is 17.6 Å². The lowest BCUT2D eigenvalue weighted by Crippen LogP contribution is -2.19. The van der Waals surface area contributed by atoms with Crippen LogP contribution in [0.4, 0.5) is 0 Å². The van der Waals surface area contributed by atoms with Crippen molar-refractivity contribution in [3.05, 3.63) is 23.0 Å². The lowest BCUT2D eigenvalue weighted by molar-refractivity contribution is -0.119. The largest absolute Gasteiger partial charge is 0.383 e. The molecule has 0 N–H and O–H groups in total. The van der Waals surface area contributed by atoms with Gasteiger partial charge in [-0.15, -0.1) is 0 Å². The van der Waals surface area contributed by atoms with Gasteiger partial charge in [0.15, 0.2) is 14.6 Å². The van der Waals surface area contributed by atoms with E-state index in [1.54, 1.807) is 25.3 Å². The lowest BCUT2D eigenvalue weighted by atomic mass is 10.3. The van der Waals surface area contributed by atoms with Gasteiger partial charge in [0.1, 0.15) is 0 Å². The molecule has 6 nitrogen and oxygen atoms in total. The van der Waals surface area contributed by atoms with E-state index >= 15 is 0 Å². The zero-order valence-electron chi connectivity index (χ0n) is 13.0. The lowest BCUT2D eigenvalue weighted by Gasteiger charge is -2.04. The molecule has 1 aromatic carbocycles. The average molecular weight is 354 g/mol. The van der Waals surface area contributed by atoms with E-state index in [4.69, 9.17) is 4.74 Å². The van der Waals surface area contributed by atoms with Gasteiger partial charge in [-0.3, -0.25) is 4.79 Å². The summed E-state index contributed by atoms with van der Waals surface area (Å²) in [5, 5.41) is 0. The summed E-state index contributed by atoms with van der Waals surface area (Å²) in [4.78, 5) is 17.1. The molecule has 3 rings (SSSR count). The van der Waals surface area contributed by atoms with Crippen molar-refractivity contribution in [3.63, 3.8) is 0 Å². The van der Waals surface area contributed by atoms with Crippen molar-refractivity contribution < 1.29 is 17.9 Å². The number of methoxy groups -OCH3 is 1. The van der Waals surface area contributed by atoms with Gasteiger partial charge in [0.25, 0.3) is 5.91 Å². The van der Waals surface area contributed by atoms with Crippen LogP contribution in [-0.2, 0) is 25.9 Å². The summed E-state index contributed by atoms with van der Waals surface area (Å²) in [6, 6.07) is 4.98. The highest BCUT2D eigenvalue weighted by atomic mass is 32.2. The number of nitrogens with zero attached hydrogens (tertiary/aromatic N) is 2. The molecule has 1 heterocycles. The molecule has 1 aliphatic carbocycles. The molecule has 1 amide bonds. The molecule has 0 radical (unpaired) electrons. The molecule has 124 valence electrons. The monoisotopic (exact) mass is 354 g/mol. The second-order valence-corrected chi connectivity index (χ2v) is 8.68. The smallest absolute Gasteiger partial charge is 0.251 e. The molecular weight excluding hydrogens is 336 g/mol. The molecule has 1 fully saturated rings. The van der Waals surface area contributed by atoms with Gasteiger partial charge in [0, 0.05) is 25.8 Å². The molecule has 2 aromatic rings. The van der Waals surface area contributed by atoms with Gasteiger partial charge in [0.2, 0.25) is 0 Å². The Balaban J connectivity index is 2.15. The SMILES string of the molecule is COCCn1c(=NC(=O)C2CC2)sc2cc(S(C)(=O)=O)ccc21. The maximum absolute atomic E-state index is 12.0. The third-order valence-electron chi connectivity index (χ3n) is 3.73. The van der Waals surface area contributed by atoms with Crippen LogP contribution in [0, 0.1) is 5.92 Å². The predicted octanol–water partition coefficient (Wildman–Crippen LogP) is 1.59. The average Bonchev–Trinajstić information content (AvgIpc) is 3.27.